The second-order valence-electron chi connectivity index (χ2n) is 6.61. The SMILES string of the molecule is Cc1ccccc1S(=O)(=O)O.N[C@@H](Cc1ccccc1)C(=O)OC(=O)c1ccccc1. The second kappa shape index (κ2) is 11.2. The molecule has 1 atom stereocenters. The molecule has 8 heteroatoms. The smallest absolute Gasteiger partial charge is 0.345 e. The van der Waals surface area contributed by atoms with Gasteiger partial charge in [-0.2, -0.15) is 8.42 Å². The Morgan fingerprint density at radius 3 is 1.94 bits per heavy atom. The molecule has 0 heterocycles. The summed E-state index contributed by atoms with van der Waals surface area (Å²) in [5, 5.41) is 0. The van der Waals surface area contributed by atoms with Gasteiger partial charge < -0.3 is 10.5 Å². The van der Waals surface area contributed by atoms with Crippen molar-refractivity contribution in [1.82, 2.24) is 0 Å². The van der Waals surface area contributed by atoms with Crippen molar-refractivity contribution < 1.29 is 27.3 Å². The van der Waals surface area contributed by atoms with Crippen molar-refractivity contribution in [2.24, 2.45) is 5.73 Å². The maximum Gasteiger partial charge on any atom is 0.345 e. The van der Waals surface area contributed by atoms with E-state index in [9.17, 15) is 18.0 Å². The van der Waals surface area contributed by atoms with E-state index in [1.54, 1.807) is 55.5 Å². The molecule has 0 unspecified atom stereocenters. The number of hydrogen-bond acceptors (Lipinski definition) is 6. The van der Waals surface area contributed by atoms with Crippen LogP contribution in [0.1, 0.15) is 21.5 Å². The molecule has 0 saturated heterocycles. The highest BCUT2D eigenvalue weighted by Crippen LogP contribution is 2.12. The summed E-state index contributed by atoms with van der Waals surface area (Å²) in [6, 6.07) is 23.1. The van der Waals surface area contributed by atoms with Crippen LogP contribution in [0.3, 0.4) is 0 Å². The molecule has 3 aromatic rings. The number of aryl methyl sites for hydroxylation is 1. The Hall–Kier alpha value is -3.33. The molecule has 162 valence electrons. The summed E-state index contributed by atoms with van der Waals surface area (Å²) >= 11 is 0. The molecule has 0 radical (unpaired) electrons. The Morgan fingerprint density at radius 2 is 1.42 bits per heavy atom. The first kappa shape index (κ1) is 23.9. The van der Waals surface area contributed by atoms with E-state index in [1.807, 2.05) is 30.3 Å². The Labute approximate surface area is 181 Å². The van der Waals surface area contributed by atoms with Gasteiger partial charge >= 0.3 is 11.9 Å². The van der Waals surface area contributed by atoms with E-state index in [0.717, 1.165) is 5.56 Å². The van der Waals surface area contributed by atoms with Gasteiger partial charge in [-0.1, -0.05) is 66.7 Å². The van der Waals surface area contributed by atoms with Gasteiger partial charge in [-0.05, 0) is 42.7 Å². The number of ether oxygens (including phenoxy) is 1. The number of rotatable bonds is 5. The molecule has 3 N–H and O–H groups in total. The number of esters is 2. The zero-order chi connectivity index (χ0) is 22.9. The molecule has 0 spiro atoms. The third-order valence-electron chi connectivity index (χ3n) is 4.18. The molecule has 7 nitrogen and oxygen atoms in total. The minimum absolute atomic E-state index is 0.0278. The van der Waals surface area contributed by atoms with Crippen LogP contribution in [0.15, 0.2) is 89.8 Å². The first-order valence-corrected chi connectivity index (χ1v) is 10.8. The fourth-order valence-electron chi connectivity index (χ4n) is 2.60. The lowest BCUT2D eigenvalue weighted by atomic mass is 10.1. The molecule has 0 saturated carbocycles. The quantitative estimate of drug-likeness (QED) is 0.354. The lowest BCUT2D eigenvalue weighted by Gasteiger charge is -2.10. The molecule has 0 amide bonds. The molecule has 3 aromatic carbocycles. The van der Waals surface area contributed by atoms with Crippen LogP contribution in [0.4, 0.5) is 0 Å². The lowest BCUT2D eigenvalue weighted by molar-refractivity contribution is -0.139. The zero-order valence-corrected chi connectivity index (χ0v) is 17.7. The number of hydrogen-bond donors (Lipinski definition) is 2. The number of benzene rings is 3. The fourth-order valence-corrected chi connectivity index (χ4v) is 3.32. The van der Waals surface area contributed by atoms with E-state index in [0.29, 0.717) is 17.5 Å². The lowest BCUT2D eigenvalue weighted by Crippen LogP contribution is -2.35. The summed E-state index contributed by atoms with van der Waals surface area (Å²) in [5.74, 6) is -1.40. The van der Waals surface area contributed by atoms with Crippen LogP contribution in [0.5, 0.6) is 0 Å². The van der Waals surface area contributed by atoms with Crippen LogP contribution in [-0.2, 0) is 26.1 Å². The van der Waals surface area contributed by atoms with E-state index in [2.05, 4.69) is 0 Å². The van der Waals surface area contributed by atoms with Gasteiger partial charge in [0.15, 0.2) is 0 Å². The second-order valence-corrected chi connectivity index (χ2v) is 8.00. The van der Waals surface area contributed by atoms with Crippen LogP contribution in [0.25, 0.3) is 0 Å². The van der Waals surface area contributed by atoms with Crippen molar-refractivity contribution >= 4 is 22.1 Å². The van der Waals surface area contributed by atoms with Crippen LogP contribution in [0, 0.1) is 6.92 Å². The minimum atomic E-state index is -4.03. The van der Waals surface area contributed by atoms with Gasteiger partial charge in [0.05, 0.1) is 10.5 Å². The Balaban J connectivity index is 0.000000262. The standard InChI is InChI=1S/C16H15NO3.C7H8O3S/c17-14(11-12-7-3-1-4-8-12)16(19)20-15(18)13-9-5-2-6-10-13;1-6-4-2-3-5-7(6)11(8,9)10/h1-10,14H,11,17H2;2-5H,1H3,(H,8,9,10)/t14-;/m0./s1. The van der Waals surface area contributed by atoms with Crippen LogP contribution in [0.2, 0.25) is 0 Å². The summed E-state index contributed by atoms with van der Waals surface area (Å²) < 4.78 is 34.6. The fraction of sp³-hybridized carbons (Fsp3) is 0.130. The van der Waals surface area contributed by atoms with E-state index in [1.165, 1.54) is 6.07 Å². The number of carbonyl (C=O) groups excluding carboxylic acids is 2. The van der Waals surface area contributed by atoms with Crippen molar-refractivity contribution in [1.29, 1.82) is 0 Å². The summed E-state index contributed by atoms with van der Waals surface area (Å²) in [6.07, 6.45) is 0.335. The van der Waals surface area contributed by atoms with Crippen molar-refractivity contribution in [2.45, 2.75) is 24.3 Å². The predicted octanol–water partition coefficient (Wildman–Crippen LogP) is 3.18. The molecule has 0 aromatic heterocycles. The molecular weight excluding hydrogens is 418 g/mol. The van der Waals surface area contributed by atoms with Crippen molar-refractivity contribution in [3.8, 4) is 0 Å². The number of carbonyl (C=O) groups is 2. The first-order chi connectivity index (χ1) is 14.7. The van der Waals surface area contributed by atoms with Gasteiger partial charge in [0.25, 0.3) is 10.1 Å². The highest BCUT2D eigenvalue weighted by atomic mass is 32.2. The van der Waals surface area contributed by atoms with Crippen LogP contribution in [-0.4, -0.2) is 31.0 Å². The van der Waals surface area contributed by atoms with Gasteiger partial charge in [-0.15, -0.1) is 0 Å². The van der Waals surface area contributed by atoms with E-state index >= 15 is 0 Å². The molecule has 0 bridgehead atoms. The van der Waals surface area contributed by atoms with Crippen molar-refractivity contribution in [3.05, 3.63) is 102 Å². The molecular formula is C23H23NO6S. The summed E-state index contributed by atoms with van der Waals surface area (Å²) in [6.45, 7) is 1.63. The normalized spacial score (nSPS) is 11.6. The minimum Gasteiger partial charge on any atom is -0.388 e. The summed E-state index contributed by atoms with van der Waals surface area (Å²) in [5.41, 5.74) is 7.55. The summed E-state index contributed by atoms with van der Waals surface area (Å²) in [4.78, 5) is 23.4. The maximum atomic E-state index is 11.8. The highest BCUT2D eigenvalue weighted by molar-refractivity contribution is 7.85. The van der Waals surface area contributed by atoms with Gasteiger partial charge in [0.2, 0.25) is 0 Å². The van der Waals surface area contributed by atoms with Crippen LogP contribution >= 0.6 is 0 Å². The largest absolute Gasteiger partial charge is 0.388 e. The molecule has 3 rings (SSSR count). The molecule has 0 aliphatic carbocycles. The molecule has 31 heavy (non-hydrogen) atoms. The zero-order valence-electron chi connectivity index (χ0n) is 16.8. The van der Waals surface area contributed by atoms with Crippen molar-refractivity contribution in [3.63, 3.8) is 0 Å². The average molecular weight is 442 g/mol. The van der Waals surface area contributed by atoms with Gasteiger partial charge in [-0.3, -0.25) is 4.55 Å². The Bertz CT molecular complexity index is 1120. The average Bonchev–Trinajstić information content (AvgIpc) is 2.75. The van der Waals surface area contributed by atoms with E-state index in [-0.39, 0.29) is 4.90 Å². The topological polar surface area (TPSA) is 124 Å². The van der Waals surface area contributed by atoms with E-state index in [4.69, 9.17) is 15.0 Å². The molecule has 0 aliphatic rings. The number of nitrogens with two attached hydrogens (primary N) is 1. The van der Waals surface area contributed by atoms with Gasteiger partial charge in [0, 0.05) is 0 Å². The Kier molecular flexibility index (Phi) is 8.63. The Morgan fingerprint density at radius 1 is 0.903 bits per heavy atom. The monoisotopic (exact) mass is 441 g/mol. The van der Waals surface area contributed by atoms with Gasteiger partial charge in [0.1, 0.15) is 6.04 Å². The van der Waals surface area contributed by atoms with Crippen molar-refractivity contribution in [2.75, 3.05) is 0 Å². The highest BCUT2D eigenvalue weighted by Gasteiger charge is 2.20. The van der Waals surface area contributed by atoms with Gasteiger partial charge in [-0.25, -0.2) is 9.59 Å². The maximum absolute atomic E-state index is 11.8. The summed E-state index contributed by atoms with van der Waals surface area (Å²) in [7, 11) is -4.03. The van der Waals surface area contributed by atoms with Crippen LogP contribution < -0.4 is 5.73 Å². The molecule has 0 fully saturated rings. The predicted molar refractivity (Wildman–Crippen MR) is 116 cm³/mol. The first-order valence-electron chi connectivity index (χ1n) is 9.32. The third-order valence-corrected chi connectivity index (χ3v) is 5.19. The third kappa shape index (κ3) is 7.78. The van der Waals surface area contributed by atoms with E-state index < -0.39 is 28.1 Å². The molecule has 0 aliphatic heterocycles.